The second-order valence-corrected chi connectivity index (χ2v) is 8.78. The van der Waals surface area contributed by atoms with Gasteiger partial charge in [-0.05, 0) is 54.3 Å². The molecule has 1 N–H and O–H groups in total. The smallest absolute Gasteiger partial charge is 0.295 e. The predicted octanol–water partition coefficient (Wildman–Crippen LogP) is 4.12. The minimum Gasteiger partial charge on any atom is -0.507 e. The van der Waals surface area contributed by atoms with Crippen LogP contribution in [0.3, 0.4) is 0 Å². The van der Waals surface area contributed by atoms with E-state index in [1.807, 2.05) is 13.0 Å². The number of carbonyl (C=O) groups excluding carboxylic acids is 2. The van der Waals surface area contributed by atoms with Crippen LogP contribution in [0.1, 0.15) is 36.6 Å². The number of aliphatic hydroxyl groups excluding tert-OH is 1. The highest BCUT2D eigenvalue weighted by molar-refractivity contribution is 6.46. The molecule has 3 rings (SSSR count). The number of ether oxygens (including phenoxy) is 4. The summed E-state index contributed by atoms with van der Waals surface area (Å²) < 4.78 is 21.7. The fraction of sp³-hybridized carbons (Fsp3) is 0.407. The predicted molar refractivity (Wildman–Crippen MR) is 132 cm³/mol. The van der Waals surface area contributed by atoms with Gasteiger partial charge in [0.25, 0.3) is 11.7 Å². The van der Waals surface area contributed by atoms with Crippen LogP contribution in [0, 0.1) is 12.8 Å². The molecule has 8 heteroatoms. The molecule has 0 bridgehead atoms. The highest BCUT2D eigenvalue weighted by Gasteiger charge is 2.46. The van der Waals surface area contributed by atoms with E-state index in [4.69, 9.17) is 18.9 Å². The summed E-state index contributed by atoms with van der Waals surface area (Å²) in [6.45, 7) is 6.92. The zero-order valence-corrected chi connectivity index (χ0v) is 21.1. The number of carbonyl (C=O) groups is 2. The molecule has 188 valence electrons. The van der Waals surface area contributed by atoms with E-state index in [0.29, 0.717) is 40.9 Å². The van der Waals surface area contributed by atoms with Crippen LogP contribution in [-0.2, 0) is 14.3 Å². The first-order valence-corrected chi connectivity index (χ1v) is 11.5. The summed E-state index contributed by atoms with van der Waals surface area (Å²) in [5.74, 6) is 0.313. The Morgan fingerprint density at radius 1 is 1.03 bits per heavy atom. The summed E-state index contributed by atoms with van der Waals surface area (Å²) in [5.41, 5.74) is 1.79. The largest absolute Gasteiger partial charge is 0.507 e. The number of aryl methyl sites for hydroxylation is 1. The van der Waals surface area contributed by atoms with Gasteiger partial charge in [-0.2, -0.15) is 0 Å². The van der Waals surface area contributed by atoms with E-state index >= 15 is 0 Å². The fourth-order valence-corrected chi connectivity index (χ4v) is 4.07. The van der Waals surface area contributed by atoms with Gasteiger partial charge in [-0.3, -0.25) is 9.59 Å². The molecular formula is C27H33NO7. The summed E-state index contributed by atoms with van der Waals surface area (Å²) in [4.78, 5) is 27.6. The van der Waals surface area contributed by atoms with E-state index in [1.165, 1.54) is 26.2 Å². The number of amides is 1. The molecule has 1 fully saturated rings. The van der Waals surface area contributed by atoms with Gasteiger partial charge in [-0.1, -0.05) is 19.9 Å². The lowest BCUT2D eigenvalue weighted by atomic mass is 9.93. The topological polar surface area (TPSA) is 94.5 Å². The molecule has 1 saturated heterocycles. The zero-order chi connectivity index (χ0) is 25.7. The lowest BCUT2D eigenvalue weighted by Gasteiger charge is -2.25. The monoisotopic (exact) mass is 483 g/mol. The standard InChI is InChI=1S/C27H33NO7/c1-16(2)15-35-19-8-9-20(17(3)13-19)25(29)23-24(28(11-12-32-4)27(31)26(23)30)18-7-10-21(33-5)22(14-18)34-6/h7-10,13-14,16,24,29H,11-12,15H2,1-6H3/b25-23+/t24-/m1/s1. The number of nitrogens with zero attached hydrogens (tertiary/aromatic N) is 1. The van der Waals surface area contributed by atoms with Crippen LogP contribution in [-0.4, -0.2) is 62.8 Å². The number of likely N-dealkylation sites (tertiary alicyclic amines) is 1. The molecule has 0 spiro atoms. The van der Waals surface area contributed by atoms with Crippen molar-refractivity contribution >= 4 is 17.4 Å². The molecule has 0 radical (unpaired) electrons. The molecular weight excluding hydrogens is 450 g/mol. The molecule has 0 unspecified atom stereocenters. The van der Waals surface area contributed by atoms with E-state index in [-0.39, 0.29) is 24.5 Å². The molecule has 0 aliphatic carbocycles. The normalized spacial score (nSPS) is 17.2. The van der Waals surface area contributed by atoms with Gasteiger partial charge in [0.15, 0.2) is 11.5 Å². The average molecular weight is 484 g/mol. The summed E-state index contributed by atoms with van der Waals surface area (Å²) in [5, 5.41) is 11.4. The molecule has 0 aromatic heterocycles. The maximum atomic E-state index is 13.2. The zero-order valence-electron chi connectivity index (χ0n) is 21.1. The number of rotatable bonds is 10. The maximum Gasteiger partial charge on any atom is 0.295 e. The van der Waals surface area contributed by atoms with E-state index in [0.717, 1.165) is 5.56 Å². The van der Waals surface area contributed by atoms with Crippen LogP contribution < -0.4 is 14.2 Å². The van der Waals surface area contributed by atoms with Gasteiger partial charge in [0.05, 0.1) is 39.0 Å². The highest BCUT2D eigenvalue weighted by atomic mass is 16.5. The summed E-state index contributed by atoms with van der Waals surface area (Å²) >= 11 is 0. The highest BCUT2D eigenvalue weighted by Crippen LogP contribution is 2.42. The summed E-state index contributed by atoms with van der Waals surface area (Å²) in [6, 6.07) is 9.60. The number of Topliss-reactive ketones (excluding diaryl/α,β-unsaturated/α-hetero) is 1. The second kappa shape index (κ2) is 11.3. The van der Waals surface area contributed by atoms with Crippen molar-refractivity contribution in [2.24, 2.45) is 5.92 Å². The Morgan fingerprint density at radius 3 is 2.34 bits per heavy atom. The molecule has 8 nitrogen and oxygen atoms in total. The molecule has 0 saturated carbocycles. The van der Waals surface area contributed by atoms with Gasteiger partial charge in [0, 0.05) is 19.2 Å². The van der Waals surface area contributed by atoms with Gasteiger partial charge in [-0.25, -0.2) is 0 Å². The Morgan fingerprint density at radius 2 is 1.74 bits per heavy atom. The minimum atomic E-state index is -0.818. The molecule has 35 heavy (non-hydrogen) atoms. The third kappa shape index (κ3) is 5.43. The average Bonchev–Trinajstić information content (AvgIpc) is 3.10. The lowest BCUT2D eigenvalue weighted by molar-refractivity contribution is -0.140. The Labute approximate surface area is 206 Å². The first-order valence-electron chi connectivity index (χ1n) is 11.5. The van der Waals surface area contributed by atoms with E-state index in [2.05, 4.69) is 13.8 Å². The van der Waals surface area contributed by atoms with Gasteiger partial charge >= 0.3 is 0 Å². The molecule has 1 atom stereocenters. The molecule has 1 amide bonds. The van der Waals surface area contributed by atoms with E-state index < -0.39 is 17.7 Å². The van der Waals surface area contributed by atoms with E-state index in [1.54, 1.807) is 30.3 Å². The first kappa shape index (κ1) is 26.1. The van der Waals surface area contributed by atoms with Crippen molar-refractivity contribution in [1.29, 1.82) is 0 Å². The Bertz CT molecular complexity index is 1120. The summed E-state index contributed by atoms with van der Waals surface area (Å²) in [7, 11) is 4.56. The van der Waals surface area contributed by atoms with Crippen LogP contribution in [0.25, 0.3) is 5.76 Å². The van der Waals surface area contributed by atoms with Crippen molar-refractivity contribution in [3.8, 4) is 17.2 Å². The number of hydrogen-bond acceptors (Lipinski definition) is 7. The molecule has 1 aliphatic heterocycles. The van der Waals surface area contributed by atoms with Crippen molar-refractivity contribution in [3.05, 3.63) is 58.7 Å². The molecule has 2 aromatic carbocycles. The quantitative estimate of drug-likeness (QED) is 0.309. The van der Waals surface area contributed by atoms with Gasteiger partial charge in [-0.15, -0.1) is 0 Å². The minimum absolute atomic E-state index is 0.0114. The van der Waals surface area contributed by atoms with Crippen molar-refractivity contribution in [2.75, 3.05) is 41.1 Å². The van der Waals surface area contributed by atoms with Crippen LogP contribution in [0.15, 0.2) is 42.0 Å². The number of aliphatic hydroxyl groups is 1. The number of hydrogen-bond donors (Lipinski definition) is 1. The number of methoxy groups -OCH3 is 3. The lowest BCUT2D eigenvalue weighted by Crippen LogP contribution is -2.32. The van der Waals surface area contributed by atoms with Crippen molar-refractivity contribution in [1.82, 2.24) is 4.90 Å². The second-order valence-electron chi connectivity index (χ2n) is 8.78. The Balaban J connectivity index is 2.13. The van der Waals surface area contributed by atoms with E-state index in [9.17, 15) is 14.7 Å². The third-order valence-electron chi connectivity index (χ3n) is 5.84. The Hall–Kier alpha value is -3.52. The van der Waals surface area contributed by atoms with Crippen molar-refractivity contribution in [3.63, 3.8) is 0 Å². The van der Waals surface area contributed by atoms with Gasteiger partial charge in [0.2, 0.25) is 0 Å². The molecule has 2 aromatic rings. The maximum absolute atomic E-state index is 13.2. The number of ketones is 1. The Kier molecular flexibility index (Phi) is 8.40. The fourth-order valence-electron chi connectivity index (χ4n) is 4.07. The molecule has 1 heterocycles. The number of benzene rings is 2. The van der Waals surface area contributed by atoms with Gasteiger partial charge < -0.3 is 29.0 Å². The van der Waals surface area contributed by atoms with Gasteiger partial charge in [0.1, 0.15) is 11.5 Å². The van der Waals surface area contributed by atoms with Crippen molar-refractivity contribution < 1.29 is 33.6 Å². The first-order chi connectivity index (χ1) is 16.7. The SMILES string of the molecule is COCCN1C(=O)C(=O)/C(=C(/O)c2ccc(OCC(C)C)cc2C)[C@H]1c1ccc(OC)c(OC)c1. The van der Waals surface area contributed by atoms with Crippen molar-refractivity contribution in [2.45, 2.75) is 26.8 Å². The van der Waals surface area contributed by atoms with Crippen LogP contribution in [0.5, 0.6) is 17.2 Å². The third-order valence-corrected chi connectivity index (χ3v) is 5.84. The summed E-state index contributed by atoms with van der Waals surface area (Å²) in [6.07, 6.45) is 0. The molecule has 1 aliphatic rings. The van der Waals surface area contributed by atoms with Crippen LogP contribution in [0.2, 0.25) is 0 Å². The van der Waals surface area contributed by atoms with Crippen LogP contribution in [0.4, 0.5) is 0 Å². The van der Waals surface area contributed by atoms with Crippen LogP contribution >= 0.6 is 0 Å².